The average molecular weight is 276 g/mol. The first-order chi connectivity index (χ1) is 9.53. The Morgan fingerprint density at radius 3 is 2.55 bits per heavy atom. The molecule has 3 N–H and O–H groups in total. The van der Waals surface area contributed by atoms with E-state index in [2.05, 4.69) is 43.0 Å². The molecule has 20 heavy (non-hydrogen) atoms. The van der Waals surface area contributed by atoms with Gasteiger partial charge in [0.25, 0.3) is 0 Å². The molecular formula is C17H28N2O. The summed E-state index contributed by atoms with van der Waals surface area (Å²) in [4.78, 5) is 2.33. The summed E-state index contributed by atoms with van der Waals surface area (Å²) >= 11 is 0. The molecule has 0 heterocycles. The van der Waals surface area contributed by atoms with Gasteiger partial charge in [0, 0.05) is 25.7 Å². The maximum Gasteiger partial charge on any atom is 0.0558 e. The third-order valence-corrected chi connectivity index (χ3v) is 4.73. The molecule has 0 spiro atoms. The van der Waals surface area contributed by atoms with Crippen LogP contribution in [0.4, 0.5) is 0 Å². The summed E-state index contributed by atoms with van der Waals surface area (Å²) in [6.07, 6.45) is 2.40. The van der Waals surface area contributed by atoms with Crippen LogP contribution in [0.3, 0.4) is 0 Å². The summed E-state index contributed by atoms with van der Waals surface area (Å²) in [5, 5.41) is 9.28. The molecule has 112 valence electrons. The first kappa shape index (κ1) is 15.5. The number of rotatable bonds is 6. The fourth-order valence-electron chi connectivity index (χ4n) is 3.30. The van der Waals surface area contributed by atoms with Gasteiger partial charge in [-0.05, 0) is 29.7 Å². The van der Waals surface area contributed by atoms with Crippen LogP contribution in [0.25, 0.3) is 0 Å². The van der Waals surface area contributed by atoms with Crippen molar-refractivity contribution in [1.82, 2.24) is 4.90 Å². The Balaban J connectivity index is 1.96. The summed E-state index contributed by atoms with van der Waals surface area (Å²) in [6.45, 7) is 7.35. The van der Waals surface area contributed by atoms with Crippen LogP contribution in [0, 0.1) is 11.3 Å². The van der Waals surface area contributed by atoms with Gasteiger partial charge >= 0.3 is 0 Å². The van der Waals surface area contributed by atoms with Crippen molar-refractivity contribution < 1.29 is 5.11 Å². The molecule has 1 aliphatic rings. The standard InChI is InChI=1S/C17H28N2O/c1-17(2)9-8-15(16(17)18)13-19(10-11-20)12-14-6-4-3-5-7-14/h3-7,15-16,20H,8-13,18H2,1-2H3. The third kappa shape index (κ3) is 3.81. The Morgan fingerprint density at radius 1 is 1.30 bits per heavy atom. The largest absolute Gasteiger partial charge is 0.395 e. The highest BCUT2D eigenvalue weighted by molar-refractivity contribution is 5.14. The second-order valence-corrected chi connectivity index (χ2v) is 6.76. The summed E-state index contributed by atoms with van der Waals surface area (Å²) < 4.78 is 0. The van der Waals surface area contributed by atoms with Crippen LogP contribution in [0.2, 0.25) is 0 Å². The Labute approximate surface area is 122 Å². The molecule has 1 aromatic rings. The van der Waals surface area contributed by atoms with Crippen molar-refractivity contribution in [3.05, 3.63) is 35.9 Å². The lowest BCUT2D eigenvalue weighted by Crippen LogP contribution is -2.42. The van der Waals surface area contributed by atoms with E-state index < -0.39 is 0 Å². The van der Waals surface area contributed by atoms with Crippen molar-refractivity contribution in [2.45, 2.75) is 39.3 Å². The first-order valence-corrected chi connectivity index (χ1v) is 7.65. The topological polar surface area (TPSA) is 49.5 Å². The summed E-state index contributed by atoms with van der Waals surface area (Å²) in [7, 11) is 0. The van der Waals surface area contributed by atoms with Crippen LogP contribution in [-0.2, 0) is 6.54 Å². The normalized spacial score (nSPS) is 25.2. The molecule has 2 atom stereocenters. The number of hydrogen-bond acceptors (Lipinski definition) is 3. The highest BCUT2D eigenvalue weighted by Crippen LogP contribution is 2.40. The van der Waals surface area contributed by atoms with E-state index in [9.17, 15) is 5.11 Å². The van der Waals surface area contributed by atoms with E-state index in [4.69, 9.17) is 5.73 Å². The lowest BCUT2D eigenvalue weighted by Gasteiger charge is -2.31. The quantitative estimate of drug-likeness (QED) is 0.838. The second kappa shape index (κ2) is 6.70. The van der Waals surface area contributed by atoms with Crippen LogP contribution in [0.15, 0.2) is 30.3 Å². The molecule has 1 aliphatic carbocycles. The first-order valence-electron chi connectivity index (χ1n) is 7.65. The molecule has 0 amide bonds. The SMILES string of the molecule is CC1(C)CCC(CN(CCO)Cc2ccccc2)C1N. The van der Waals surface area contributed by atoms with Gasteiger partial charge in [0.05, 0.1) is 6.61 Å². The number of nitrogens with two attached hydrogens (primary N) is 1. The Hall–Kier alpha value is -0.900. The summed E-state index contributed by atoms with van der Waals surface area (Å²) in [5.74, 6) is 0.542. The predicted molar refractivity (Wildman–Crippen MR) is 83.3 cm³/mol. The molecule has 0 radical (unpaired) electrons. The van der Waals surface area contributed by atoms with Gasteiger partial charge < -0.3 is 10.8 Å². The number of aliphatic hydroxyl groups excluding tert-OH is 1. The van der Waals surface area contributed by atoms with Gasteiger partial charge in [0.2, 0.25) is 0 Å². The lowest BCUT2D eigenvalue weighted by molar-refractivity contribution is 0.158. The van der Waals surface area contributed by atoms with E-state index in [-0.39, 0.29) is 18.1 Å². The van der Waals surface area contributed by atoms with E-state index in [0.717, 1.165) is 19.6 Å². The molecular weight excluding hydrogens is 248 g/mol. The van der Waals surface area contributed by atoms with E-state index in [1.807, 2.05) is 6.07 Å². The van der Waals surface area contributed by atoms with Crippen molar-refractivity contribution in [2.75, 3.05) is 19.7 Å². The molecule has 0 aliphatic heterocycles. The molecule has 0 bridgehead atoms. The predicted octanol–water partition coefficient (Wildman–Crippen LogP) is 2.24. The zero-order valence-corrected chi connectivity index (χ0v) is 12.8. The number of hydrogen-bond donors (Lipinski definition) is 2. The Morgan fingerprint density at radius 2 is 2.00 bits per heavy atom. The van der Waals surface area contributed by atoms with Gasteiger partial charge in [-0.15, -0.1) is 0 Å². The number of nitrogens with zero attached hydrogens (tertiary/aromatic N) is 1. The third-order valence-electron chi connectivity index (χ3n) is 4.73. The van der Waals surface area contributed by atoms with Crippen molar-refractivity contribution in [1.29, 1.82) is 0 Å². The zero-order valence-electron chi connectivity index (χ0n) is 12.8. The van der Waals surface area contributed by atoms with Crippen LogP contribution in [-0.4, -0.2) is 35.7 Å². The zero-order chi connectivity index (χ0) is 14.6. The fourth-order valence-corrected chi connectivity index (χ4v) is 3.30. The van der Waals surface area contributed by atoms with Crippen LogP contribution in [0.5, 0.6) is 0 Å². The van der Waals surface area contributed by atoms with E-state index in [0.29, 0.717) is 5.92 Å². The number of benzene rings is 1. The average Bonchev–Trinajstić information content (AvgIpc) is 2.67. The van der Waals surface area contributed by atoms with Crippen molar-refractivity contribution in [3.8, 4) is 0 Å². The minimum Gasteiger partial charge on any atom is -0.395 e. The fraction of sp³-hybridized carbons (Fsp3) is 0.647. The monoisotopic (exact) mass is 276 g/mol. The molecule has 2 rings (SSSR count). The Bertz CT molecular complexity index is 405. The van der Waals surface area contributed by atoms with Gasteiger partial charge in [-0.1, -0.05) is 44.2 Å². The molecule has 2 unspecified atom stereocenters. The van der Waals surface area contributed by atoms with Crippen LogP contribution >= 0.6 is 0 Å². The van der Waals surface area contributed by atoms with Gasteiger partial charge in [0.1, 0.15) is 0 Å². The second-order valence-electron chi connectivity index (χ2n) is 6.76. The molecule has 1 saturated carbocycles. The number of aliphatic hydroxyl groups is 1. The van der Waals surface area contributed by atoms with Crippen LogP contribution < -0.4 is 5.73 Å². The van der Waals surface area contributed by atoms with Crippen molar-refractivity contribution >= 4 is 0 Å². The van der Waals surface area contributed by atoms with Gasteiger partial charge in [-0.2, -0.15) is 0 Å². The minimum absolute atomic E-state index is 0.207. The van der Waals surface area contributed by atoms with Gasteiger partial charge in [0.15, 0.2) is 0 Å². The van der Waals surface area contributed by atoms with Crippen molar-refractivity contribution in [3.63, 3.8) is 0 Å². The molecule has 0 aromatic heterocycles. The highest BCUT2D eigenvalue weighted by Gasteiger charge is 2.39. The van der Waals surface area contributed by atoms with E-state index in [1.54, 1.807) is 0 Å². The summed E-state index contributed by atoms with van der Waals surface area (Å²) in [5.41, 5.74) is 7.96. The smallest absolute Gasteiger partial charge is 0.0558 e. The minimum atomic E-state index is 0.207. The Kier molecular flexibility index (Phi) is 5.19. The summed E-state index contributed by atoms with van der Waals surface area (Å²) in [6, 6.07) is 10.7. The maximum absolute atomic E-state index is 9.28. The molecule has 0 saturated heterocycles. The molecule has 1 aromatic carbocycles. The molecule has 3 nitrogen and oxygen atoms in total. The maximum atomic E-state index is 9.28. The van der Waals surface area contributed by atoms with Gasteiger partial charge in [-0.25, -0.2) is 0 Å². The van der Waals surface area contributed by atoms with Gasteiger partial charge in [-0.3, -0.25) is 4.90 Å². The van der Waals surface area contributed by atoms with Crippen LogP contribution in [0.1, 0.15) is 32.3 Å². The molecule has 3 heteroatoms. The van der Waals surface area contributed by atoms with E-state index >= 15 is 0 Å². The van der Waals surface area contributed by atoms with Crippen molar-refractivity contribution in [2.24, 2.45) is 17.1 Å². The molecule has 1 fully saturated rings. The lowest BCUT2D eigenvalue weighted by atomic mass is 9.85. The highest BCUT2D eigenvalue weighted by atomic mass is 16.3. The van der Waals surface area contributed by atoms with E-state index in [1.165, 1.54) is 18.4 Å².